The predicted molar refractivity (Wildman–Crippen MR) is 132 cm³/mol. The van der Waals surface area contributed by atoms with Gasteiger partial charge in [0.25, 0.3) is 0 Å². The van der Waals surface area contributed by atoms with Gasteiger partial charge in [0.05, 0.1) is 19.9 Å². The van der Waals surface area contributed by atoms with Crippen molar-refractivity contribution in [2.75, 3.05) is 44.1 Å². The van der Waals surface area contributed by atoms with Gasteiger partial charge >= 0.3 is 0 Å². The number of nitrogens with zero attached hydrogens (tertiary/aromatic N) is 2. The summed E-state index contributed by atoms with van der Waals surface area (Å²) >= 11 is 0. The monoisotopic (exact) mass is 468 g/mol. The molecule has 1 atom stereocenters. The second-order valence-corrected chi connectivity index (χ2v) is 7.81. The number of aliphatic hydroxyl groups excluding tert-OH is 1. The number of imidazole rings is 1. The summed E-state index contributed by atoms with van der Waals surface area (Å²) < 4.78 is 16.5. The first kappa shape index (κ1) is 24.9. The zero-order valence-electron chi connectivity index (χ0n) is 20.2. The highest BCUT2D eigenvalue weighted by Gasteiger charge is 2.15. The van der Waals surface area contributed by atoms with Gasteiger partial charge in [-0.25, -0.2) is 4.98 Å². The second-order valence-electron chi connectivity index (χ2n) is 7.81. The van der Waals surface area contributed by atoms with Crippen molar-refractivity contribution in [2.45, 2.75) is 26.9 Å². The SMILES string of the molecule is CCN(C[C@H](O)COc1ccc(-c2nc(NC(C)=O)c(C)[nH]2)cc1)c1ccc(OC)c(OC)c1. The fourth-order valence-corrected chi connectivity index (χ4v) is 3.53. The van der Waals surface area contributed by atoms with E-state index in [4.69, 9.17) is 14.2 Å². The van der Waals surface area contributed by atoms with Gasteiger partial charge in [0, 0.05) is 37.3 Å². The quantitative estimate of drug-likeness (QED) is 0.394. The van der Waals surface area contributed by atoms with Crippen molar-refractivity contribution in [1.82, 2.24) is 9.97 Å². The van der Waals surface area contributed by atoms with Gasteiger partial charge in [0.1, 0.15) is 24.3 Å². The van der Waals surface area contributed by atoms with Gasteiger partial charge in [-0.2, -0.15) is 0 Å². The topological polar surface area (TPSA) is 109 Å². The Morgan fingerprint density at radius 1 is 1.15 bits per heavy atom. The number of anilines is 2. The number of benzene rings is 2. The summed E-state index contributed by atoms with van der Waals surface area (Å²) in [5, 5.41) is 13.3. The van der Waals surface area contributed by atoms with Crippen LogP contribution in [0.2, 0.25) is 0 Å². The third-order valence-electron chi connectivity index (χ3n) is 5.29. The second kappa shape index (κ2) is 11.4. The van der Waals surface area contributed by atoms with Crippen molar-refractivity contribution >= 4 is 17.4 Å². The summed E-state index contributed by atoms with van der Waals surface area (Å²) in [4.78, 5) is 20.9. The number of aromatic amines is 1. The maximum atomic E-state index is 11.3. The van der Waals surface area contributed by atoms with Gasteiger partial charge in [-0.1, -0.05) is 0 Å². The molecule has 3 N–H and O–H groups in total. The van der Waals surface area contributed by atoms with Crippen LogP contribution in [0.1, 0.15) is 19.5 Å². The number of ether oxygens (including phenoxy) is 3. The number of aryl methyl sites for hydroxylation is 1. The molecule has 1 heterocycles. The number of rotatable bonds is 11. The molecule has 0 aliphatic heterocycles. The minimum Gasteiger partial charge on any atom is -0.493 e. The standard InChI is InChI=1S/C25H32N4O5/c1-6-29(19-9-12-22(32-4)23(13-19)33-5)14-20(31)15-34-21-10-7-18(8-11-21)25-26-16(2)24(28-25)27-17(3)30/h7-13,20,31H,6,14-15H2,1-5H3,(H,26,28)(H,27,30)/t20-/m0/s1. The van der Waals surface area contributed by atoms with E-state index in [-0.39, 0.29) is 12.5 Å². The van der Waals surface area contributed by atoms with Crippen molar-refractivity contribution in [3.8, 4) is 28.6 Å². The molecule has 0 aliphatic rings. The van der Waals surface area contributed by atoms with E-state index in [1.807, 2.05) is 61.2 Å². The lowest BCUT2D eigenvalue weighted by molar-refractivity contribution is -0.114. The van der Waals surface area contributed by atoms with Crippen LogP contribution in [0, 0.1) is 6.92 Å². The molecule has 182 valence electrons. The van der Waals surface area contributed by atoms with Gasteiger partial charge in [-0.05, 0) is 50.2 Å². The highest BCUT2D eigenvalue weighted by Crippen LogP contribution is 2.31. The molecular formula is C25H32N4O5. The Bertz CT molecular complexity index is 1100. The van der Waals surface area contributed by atoms with Crippen LogP contribution in [0.5, 0.6) is 17.2 Å². The highest BCUT2D eigenvalue weighted by molar-refractivity contribution is 5.88. The van der Waals surface area contributed by atoms with E-state index in [0.717, 1.165) is 16.9 Å². The number of carbonyl (C=O) groups excluding carboxylic acids is 1. The summed E-state index contributed by atoms with van der Waals surface area (Å²) in [7, 11) is 3.20. The van der Waals surface area contributed by atoms with Crippen molar-refractivity contribution in [3.05, 3.63) is 48.2 Å². The van der Waals surface area contributed by atoms with Gasteiger partial charge in [-0.15, -0.1) is 0 Å². The summed E-state index contributed by atoms with van der Waals surface area (Å²) in [6.07, 6.45) is -0.694. The van der Waals surface area contributed by atoms with Crippen LogP contribution in [0.3, 0.4) is 0 Å². The molecule has 0 bridgehead atoms. The predicted octanol–water partition coefficient (Wildman–Crippen LogP) is 3.63. The number of carbonyl (C=O) groups is 1. The third kappa shape index (κ3) is 6.20. The molecule has 0 saturated heterocycles. The Kier molecular flexibility index (Phi) is 8.37. The molecule has 3 rings (SSSR count). The number of H-pyrrole nitrogens is 1. The number of methoxy groups -OCH3 is 2. The number of hydrogen-bond donors (Lipinski definition) is 3. The number of aromatic nitrogens is 2. The Hall–Kier alpha value is -3.72. The first-order chi connectivity index (χ1) is 16.3. The molecule has 0 fully saturated rings. The molecule has 9 nitrogen and oxygen atoms in total. The molecule has 0 saturated carbocycles. The molecule has 0 spiro atoms. The van der Waals surface area contributed by atoms with Gasteiger partial charge < -0.3 is 34.5 Å². The van der Waals surface area contributed by atoms with Crippen LogP contribution in [0.25, 0.3) is 11.4 Å². The zero-order valence-corrected chi connectivity index (χ0v) is 20.2. The van der Waals surface area contributed by atoms with Gasteiger partial charge in [0.15, 0.2) is 17.3 Å². The fourth-order valence-electron chi connectivity index (χ4n) is 3.53. The van der Waals surface area contributed by atoms with Gasteiger partial charge in [0.2, 0.25) is 5.91 Å². The third-order valence-corrected chi connectivity index (χ3v) is 5.29. The Morgan fingerprint density at radius 2 is 1.85 bits per heavy atom. The molecule has 9 heteroatoms. The van der Waals surface area contributed by atoms with Crippen molar-refractivity contribution in [1.29, 1.82) is 0 Å². The lowest BCUT2D eigenvalue weighted by atomic mass is 10.2. The largest absolute Gasteiger partial charge is 0.493 e. The molecule has 3 aromatic rings. The van der Waals surface area contributed by atoms with E-state index in [1.54, 1.807) is 14.2 Å². The van der Waals surface area contributed by atoms with Crippen LogP contribution in [-0.4, -0.2) is 61.0 Å². The number of aliphatic hydroxyl groups is 1. The smallest absolute Gasteiger partial charge is 0.222 e. The first-order valence-electron chi connectivity index (χ1n) is 11.1. The molecular weight excluding hydrogens is 436 g/mol. The lowest BCUT2D eigenvalue weighted by Gasteiger charge is -2.26. The van der Waals surface area contributed by atoms with Gasteiger partial charge in [-0.3, -0.25) is 4.79 Å². The Labute approximate surface area is 199 Å². The maximum absolute atomic E-state index is 11.3. The maximum Gasteiger partial charge on any atom is 0.222 e. The normalized spacial score (nSPS) is 11.6. The molecule has 2 aromatic carbocycles. The molecule has 1 aromatic heterocycles. The molecule has 1 amide bonds. The van der Waals surface area contributed by atoms with E-state index < -0.39 is 6.10 Å². The molecule has 34 heavy (non-hydrogen) atoms. The molecule has 0 aliphatic carbocycles. The number of hydrogen-bond acceptors (Lipinski definition) is 7. The summed E-state index contributed by atoms with van der Waals surface area (Å²) in [6, 6.07) is 13.1. The zero-order chi connectivity index (χ0) is 24.7. The van der Waals surface area contributed by atoms with E-state index in [0.29, 0.717) is 42.0 Å². The van der Waals surface area contributed by atoms with Crippen LogP contribution >= 0.6 is 0 Å². The molecule has 0 radical (unpaired) electrons. The highest BCUT2D eigenvalue weighted by atomic mass is 16.5. The van der Waals surface area contributed by atoms with E-state index in [2.05, 4.69) is 15.3 Å². The van der Waals surface area contributed by atoms with Crippen LogP contribution < -0.4 is 24.4 Å². The minimum absolute atomic E-state index is 0.148. The molecule has 0 unspecified atom stereocenters. The van der Waals surface area contributed by atoms with Crippen LogP contribution in [0.15, 0.2) is 42.5 Å². The summed E-state index contributed by atoms with van der Waals surface area (Å²) in [5.41, 5.74) is 2.57. The van der Waals surface area contributed by atoms with E-state index in [9.17, 15) is 9.90 Å². The number of likely N-dealkylation sites (N-methyl/N-ethyl adjacent to an activating group) is 1. The van der Waals surface area contributed by atoms with Crippen molar-refractivity contribution < 1.29 is 24.1 Å². The fraction of sp³-hybridized carbons (Fsp3) is 0.360. The average Bonchev–Trinajstić information content (AvgIpc) is 3.20. The number of nitrogens with one attached hydrogen (secondary N) is 2. The average molecular weight is 469 g/mol. The Morgan fingerprint density at radius 3 is 2.47 bits per heavy atom. The number of amides is 1. The Balaban J connectivity index is 1.58. The first-order valence-corrected chi connectivity index (χ1v) is 11.1. The lowest BCUT2D eigenvalue weighted by Crippen LogP contribution is -2.35. The summed E-state index contributed by atoms with van der Waals surface area (Å²) in [6.45, 7) is 6.59. The van der Waals surface area contributed by atoms with Crippen LogP contribution in [-0.2, 0) is 4.79 Å². The van der Waals surface area contributed by atoms with Crippen molar-refractivity contribution in [2.24, 2.45) is 0 Å². The van der Waals surface area contributed by atoms with Crippen molar-refractivity contribution in [3.63, 3.8) is 0 Å². The minimum atomic E-state index is -0.694. The van der Waals surface area contributed by atoms with Crippen LogP contribution in [0.4, 0.5) is 11.5 Å². The van der Waals surface area contributed by atoms with E-state index in [1.165, 1.54) is 6.92 Å². The summed E-state index contributed by atoms with van der Waals surface area (Å²) in [5.74, 6) is 2.94. The van der Waals surface area contributed by atoms with E-state index >= 15 is 0 Å².